The molecule has 1 aliphatic rings. The van der Waals surface area contributed by atoms with E-state index < -0.39 is 15.9 Å². The second-order valence-electron chi connectivity index (χ2n) is 6.42. The van der Waals surface area contributed by atoms with Crippen molar-refractivity contribution in [3.63, 3.8) is 0 Å². The van der Waals surface area contributed by atoms with Gasteiger partial charge in [-0.15, -0.1) is 12.4 Å². The molecule has 1 unspecified atom stereocenters. The maximum Gasteiger partial charge on any atom is 0.251 e. The first-order chi connectivity index (χ1) is 12.8. The molecule has 2 rings (SSSR count). The lowest BCUT2D eigenvalue weighted by atomic mass is 10.2. The molecule has 0 spiro atoms. The van der Waals surface area contributed by atoms with Gasteiger partial charge in [-0.05, 0) is 31.0 Å². The summed E-state index contributed by atoms with van der Waals surface area (Å²) < 4.78 is 26.5. The molecule has 1 saturated heterocycles. The Kier molecular flexibility index (Phi) is 9.35. The van der Waals surface area contributed by atoms with Crippen molar-refractivity contribution in [2.45, 2.75) is 37.6 Å². The van der Waals surface area contributed by atoms with Crippen LogP contribution >= 0.6 is 12.4 Å². The number of rotatable bonds is 8. The van der Waals surface area contributed by atoms with Crippen LogP contribution < -0.4 is 11.1 Å². The molecule has 1 aromatic carbocycles. The fourth-order valence-electron chi connectivity index (χ4n) is 3.28. The van der Waals surface area contributed by atoms with Gasteiger partial charge in [-0.25, -0.2) is 8.42 Å². The van der Waals surface area contributed by atoms with E-state index in [0.717, 1.165) is 12.8 Å². The van der Waals surface area contributed by atoms with E-state index in [1.807, 2.05) is 0 Å². The van der Waals surface area contributed by atoms with E-state index >= 15 is 0 Å². The van der Waals surface area contributed by atoms with Crippen molar-refractivity contribution in [1.82, 2.24) is 14.5 Å². The molecule has 0 saturated carbocycles. The van der Waals surface area contributed by atoms with Gasteiger partial charge in [-0.3, -0.25) is 9.59 Å². The topological polar surface area (TPSA) is 113 Å². The Balaban J connectivity index is 0.00000392. The van der Waals surface area contributed by atoms with Crippen molar-refractivity contribution in [3.8, 4) is 0 Å². The summed E-state index contributed by atoms with van der Waals surface area (Å²) in [6, 6.07) is 5.88. The number of hydrogen-bond donors (Lipinski definition) is 2. The molecule has 0 aromatic heterocycles. The molecule has 0 radical (unpaired) electrons. The highest BCUT2D eigenvalue weighted by atomic mass is 35.5. The highest BCUT2D eigenvalue weighted by Crippen LogP contribution is 2.18. The summed E-state index contributed by atoms with van der Waals surface area (Å²) in [5.74, 6) is -0.661. The summed E-state index contributed by atoms with van der Waals surface area (Å²) in [6.07, 6.45) is 1.79. The number of benzene rings is 1. The van der Waals surface area contributed by atoms with Crippen molar-refractivity contribution in [1.29, 1.82) is 0 Å². The number of sulfonamides is 1. The summed E-state index contributed by atoms with van der Waals surface area (Å²) >= 11 is 0. The molecule has 10 heteroatoms. The van der Waals surface area contributed by atoms with Crippen LogP contribution in [0.25, 0.3) is 0 Å². The van der Waals surface area contributed by atoms with E-state index in [-0.39, 0.29) is 41.4 Å². The molecule has 3 N–H and O–H groups in total. The van der Waals surface area contributed by atoms with Gasteiger partial charge >= 0.3 is 0 Å². The number of nitrogens with one attached hydrogen (secondary N) is 1. The normalized spacial score (nSPS) is 16.7. The zero-order valence-corrected chi connectivity index (χ0v) is 17.9. The molecule has 1 aliphatic heterocycles. The Morgan fingerprint density at radius 2 is 1.96 bits per heavy atom. The fourth-order valence-corrected chi connectivity index (χ4v) is 4.78. The maximum atomic E-state index is 12.6. The third-order valence-electron chi connectivity index (χ3n) is 4.81. The second-order valence-corrected chi connectivity index (χ2v) is 8.36. The van der Waals surface area contributed by atoms with Crippen molar-refractivity contribution in [2.24, 2.45) is 5.73 Å². The van der Waals surface area contributed by atoms with E-state index in [1.165, 1.54) is 28.6 Å². The first-order valence-corrected chi connectivity index (χ1v) is 10.7. The van der Waals surface area contributed by atoms with Gasteiger partial charge < -0.3 is 16.0 Å². The molecule has 1 atom stereocenters. The minimum absolute atomic E-state index is 0. The molecule has 0 bridgehead atoms. The number of amides is 2. The summed E-state index contributed by atoms with van der Waals surface area (Å²) in [5.41, 5.74) is 5.87. The third kappa shape index (κ3) is 5.44. The minimum atomic E-state index is -3.65. The SMILES string of the molecule is CCN(CC)S(=O)(=O)c1cccc(C(=O)NCC(=O)N2CCCC2CN)c1.Cl. The zero-order valence-electron chi connectivity index (χ0n) is 16.3. The monoisotopic (exact) mass is 432 g/mol. The zero-order chi connectivity index (χ0) is 20.0. The summed E-state index contributed by atoms with van der Waals surface area (Å²) in [6.45, 7) is 5.14. The standard InChI is InChI=1S/C18H28N4O4S.ClH/c1-3-21(4-2)27(25,26)16-9-5-7-14(11-16)18(24)20-13-17(23)22-10-6-8-15(22)12-19;/h5,7,9,11,15H,3-4,6,8,10,12-13,19H2,1-2H3,(H,20,24);1H. The summed E-state index contributed by atoms with van der Waals surface area (Å²) in [7, 11) is -3.65. The van der Waals surface area contributed by atoms with Crippen molar-refractivity contribution in [2.75, 3.05) is 32.7 Å². The number of likely N-dealkylation sites (tertiary alicyclic amines) is 1. The number of nitrogens with zero attached hydrogens (tertiary/aromatic N) is 2. The van der Waals surface area contributed by atoms with Crippen LogP contribution in [-0.2, 0) is 14.8 Å². The quantitative estimate of drug-likeness (QED) is 0.631. The Labute approximate surface area is 172 Å². The van der Waals surface area contributed by atoms with E-state index in [2.05, 4.69) is 5.32 Å². The van der Waals surface area contributed by atoms with Gasteiger partial charge in [-0.1, -0.05) is 19.9 Å². The Morgan fingerprint density at radius 1 is 1.29 bits per heavy atom. The van der Waals surface area contributed by atoms with E-state index in [0.29, 0.717) is 26.2 Å². The highest BCUT2D eigenvalue weighted by Gasteiger charge is 2.27. The van der Waals surface area contributed by atoms with Crippen LogP contribution in [0.5, 0.6) is 0 Å². The second kappa shape index (κ2) is 10.8. The Hall–Kier alpha value is -1.68. The van der Waals surface area contributed by atoms with E-state index in [1.54, 1.807) is 18.7 Å². The molecule has 2 amide bonds. The lowest BCUT2D eigenvalue weighted by molar-refractivity contribution is -0.130. The number of halogens is 1. The lowest BCUT2D eigenvalue weighted by Crippen LogP contribution is -2.45. The summed E-state index contributed by atoms with van der Waals surface area (Å²) in [5, 5.41) is 2.58. The van der Waals surface area contributed by atoms with Crippen LogP contribution in [-0.4, -0.2) is 68.2 Å². The highest BCUT2D eigenvalue weighted by molar-refractivity contribution is 7.89. The van der Waals surface area contributed by atoms with Crippen molar-refractivity contribution >= 4 is 34.2 Å². The first-order valence-electron chi connectivity index (χ1n) is 9.23. The van der Waals surface area contributed by atoms with Crippen molar-refractivity contribution < 1.29 is 18.0 Å². The first kappa shape index (κ1) is 24.4. The van der Waals surface area contributed by atoms with Crippen LogP contribution in [0.4, 0.5) is 0 Å². The fraction of sp³-hybridized carbons (Fsp3) is 0.556. The van der Waals surface area contributed by atoms with Crippen molar-refractivity contribution in [3.05, 3.63) is 29.8 Å². The van der Waals surface area contributed by atoms with Crippen LogP contribution in [0.1, 0.15) is 37.0 Å². The van der Waals surface area contributed by atoms with Gasteiger partial charge in [0.2, 0.25) is 15.9 Å². The molecule has 158 valence electrons. The number of nitrogens with two attached hydrogens (primary N) is 1. The average Bonchev–Trinajstić information content (AvgIpc) is 3.15. The smallest absolute Gasteiger partial charge is 0.251 e. The molecule has 1 aromatic rings. The molecule has 0 aliphatic carbocycles. The van der Waals surface area contributed by atoms with Gasteiger partial charge in [0, 0.05) is 37.8 Å². The number of carbonyl (C=O) groups is 2. The molecular weight excluding hydrogens is 404 g/mol. The van der Waals surface area contributed by atoms with Gasteiger partial charge in [0.15, 0.2) is 0 Å². The van der Waals surface area contributed by atoms with Gasteiger partial charge in [0.1, 0.15) is 0 Å². The largest absolute Gasteiger partial charge is 0.343 e. The summed E-state index contributed by atoms with van der Waals surface area (Å²) in [4.78, 5) is 26.4. The predicted octanol–water partition coefficient (Wildman–Crippen LogP) is 0.818. The molecular formula is C18H29ClN4O4S. The Bertz CT molecular complexity index is 784. The maximum absolute atomic E-state index is 12.6. The number of hydrogen-bond acceptors (Lipinski definition) is 5. The average molecular weight is 433 g/mol. The van der Waals surface area contributed by atoms with Gasteiger partial charge in [-0.2, -0.15) is 4.31 Å². The van der Waals surface area contributed by atoms with Crippen LogP contribution in [0, 0.1) is 0 Å². The van der Waals surface area contributed by atoms with Crippen LogP contribution in [0.15, 0.2) is 29.2 Å². The van der Waals surface area contributed by atoms with E-state index in [4.69, 9.17) is 5.73 Å². The minimum Gasteiger partial charge on any atom is -0.343 e. The lowest BCUT2D eigenvalue weighted by Gasteiger charge is -2.23. The Morgan fingerprint density at radius 3 is 2.57 bits per heavy atom. The van der Waals surface area contributed by atoms with E-state index in [9.17, 15) is 18.0 Å². The number of carbonyl (C=O) groups excluding carboxylic acids is 2. The van der Waals surface area contributed by atoms with Gasteiger partial charge in [0.05, 0.1) is 11.4 Å². The molecule has 1 fully saturated rings. The third-order valence-corrected chi connectivity index (χ3v) is 6.86. The molecule has 1 heterocycles. The van der Waals surface area contributed by atoms with Gasteiger partial charge in [0.25, 0.3) is 5.91 Å². The predicted molar refractivity (Wildman–Crippen MR) is 110 cm³/mol. The molecule has 8 nitrogen and oxygen atoms in total. The molecule has 28 heavy (non-hydrogen) atoms. The van der Waals surface area contributed by atoms with Crippen LogP contribution in [0.2, 0.25) is 0 Å². The van der Waals surface area contributed by atoms with Crippen LogP contribution in [0.3, 0.4) is 0 Å².